The van der Waals surface area contributed by atoms with Crippen molar-refractivity contribution >= 4 is 38.2 Å². The molecule has 184 valence electrons. The number of primary amides is 1. The van der Waals surface area contributed by atoms with Gasteiger partial charge in [-0.15, -0.1) is 11.3 Å². The van der Waals surface area contributed by atoms with Gasteiger partial charge in [0.15, 0.2) is 0 Å². The largest absolute Gasteiger partial charge is 0.497 e. The summed E-state index contributed by atoms with van der Waals surface area (Å²) < 4.78 is 32.4. The molecule has 0 radical (unpaired) electrons. The lowest BCUT2D eigenvalue weighted by Gasteiger charge is -2.33. The van der Waals surface area contributed by atoms with Crippen LogP contribution in [0.1, 0.15) is 34.1 Å². The Balaban J connectivity index is 1.36. The topological polar surface area (TPSA) is 122 Å². The number of piperazine rings is 1. The van der Waals surface area contributed by atoms with E-state index in [0.29, 0.717) is 48.4 Å². The molecule has 1 aromatic heterocycles. The number of nitrogens with one attached hydrogen (secondary N) is 1. The van der Waals surface area contributed by atoms with Crippen LogP contribution < -0.4 is 15.8 Å². The van der Waals surface area contributed by atoms with Gasteiger partial charge in [-0.1, -0.05) is 6.92 Å². The number of amides is 2. The molecule has 2 aromatic rings. The molecule has 0 spiro atoms. The lowest BCUT2D eigenvalue weighted by Crippen LogP contribution is -2.50. The molecular weight excluding hydrogens is 476 g/mol. The van der Waals surface area contributed by atoms with Crippen molar-refractivity contribution in [3.8, 4) is 5.75 Å². The Bertz CT molecular complexity index is 1170. The normalized spacial score (nSPS) is 19.4. The molecule has 0 bridgehead atoms. The molecular formula is C23H30N4O5S2. The van der Waals surface area contributed by atoms with Crippen LogP contribution in [0.2, 0.25) is 0 Å². The third-order valence-electron chi connectivity index (χ3n) is 6.41. The van der Waals surface area contributed by atoms with E-state index in [2.05, 4.69) is 12.2 Å². The lowest BCUT2D eigenvalue weighted by molar-refractivity contribution is -0.117. The van der Waals surface area contributed by atoms with Gasteiger partial charge in [0.05, 0.1) is 24.1 Å². The third-order valence-corrected chi connectivity index (χ3v) is 9.49. The molecule has 1 aromatic carbocycles. The number of methoxy groups -OCH3 is 1. The van der Waals surface area contributed by atoms with Gasteiger partial charge in [0.2, 0.25) is 15.9 Å². The number of nitrogens with zero attached hydrogens (tertiary/aromatic N) is 2. The first kappa shape index (κ1) is 24.6. The number of benzene rings is 1. The summed E-state index contributed by atoms with van der Waals surface area (Å²) >= 11 is 1.44. The summed E-state index contributed by atoms with van der Waals surface area (Å²) in [6, 6.07) is 6.31. The average molecular weight is 507 g/mol. The fourth-order valence-corrected chi connectivity index (χ4v) is 7.35. The van der Waals surface area contributed by atoms with Crippen molar-refractivity contribution in [3.05, 3.63) is 40.3 Å². The highest BCUT2D eigenvalue weighted by molar-refractivity contribution is 7.89. The third kappa shape index (κ3) is 5.12. The summed E-state index contributed by atoms with van der Waals surface area (Å²) in [4.78, 5) is 28.1. The van der Waals surface area contributed by atoms with Crippen LogP contribution in [0.4, 0.5) is 5.00 Å². The maximum Gasteiger partial charge on any atom is 0.251 e. The number of thiophene rings is 1. The molecule has 1 atom stereocenters. The minimum Gasteiger partial charge on any atom is -0.497 e. The number of fused-ring (bicyclic) bond motifs is 1. The lowest BCUT2D eigenvalue weighted by atomic mass is 9.88. The van der Waals surface area contributed by atoms with Gasteiger partial charge in [-0.25, -0.2) is 8.42 Å². The minimum absolute atomic E-state index is 0.119. The Morgan fingerprint density at radius 1 is 1.18 bits per heavy atom. The summed E-state index contributed by atoms with van der Waals surface area (Å²) in [6.45, 7) is 3.75. The molecule has 4 rings (SSSR count). The van der Waals surface area contributed by atoms with Crippen molar-refractivity contribution in [1.29, 1.82) is 0 Å². The fourth-order valence-electron chi connectivity index (χ4n) is 4.49. The zero-order valence-corrected chi connectivity index (χ0v) is 21.0. The first-order chi connectivity index (χ1) is 16.2. The van der Waals surface area contributed by atoms with Gasteiger partial charge < -0.3 is 15.8 Å². The van der Waals surface area contributed by atoms with E-state index in [-0.39, 0.29) is 17.3 Å². The minimum atomic E-state index is -3.61. The van der Waals surface area contributed by atoms with Crippen LogP contribution in [0.25, 0.3) is 0 Å². The highest BCUT2D eigenvalue weighted by Gasteiger charge is 2.30. The molecule has 1 aliphatic carbocycles. The van der Waals surface area contributed by atoms with Crippen LogP contribution in [0, 0.1) is 5.92 Å². The van der Waals surface area contributed by atoms with Crippen molar-refractivity contribution in [2.75, 3.05) is 45.2 Å². The molecule has 0 saturated carbocycles. The van der Waals surface area contributed by atoms with Crippen molar-refractivity contribution in [2.24, 2.45) is 11.7 Å². The number of hydrogen-bond acceptors (Lipinski definition) is 7. The Kier molecular flexibility index (Phi) is 7.27. The van der Waals surface area contributed by atoms with E-state index < -0.39 is 15.9 Å². The Morgan fingerprint density at radius 3 is 2.47 bits per heavy atom. The summed E-state index contributed by atoms with van der Waals surface area (Å²) in [6.07, 6.45) is 2.69. The van der Waals surface area contributed by atoms with Gasteiger partial charge >= 0.3 is 0 Å². The van der Waals surface area contributed by atoms with Crippen LogP contribution in [0.3, 0.4) is 0 Å². The molecule has 2 amide bonds. The van der Waals surface area contributed by atoms with Gasteiger partial charge in [-0.2, -0.15) is 4.31 Å². The zero-order chi connectivity index (χ0) is 24.5. The monoisotopic (exact) mass is 506 g/mol. The summed E-state index contributed by atoms with van der Waals surface area (Å²) in [5, 5.41) is 3.41. The first-order valence-corrected chi connectivity index (χ1v) is 13.6. The number of hydrogen-bond donors (Lipinski definition) is 2. The molecule has 2 heterocycles. The van der Waals surface area contributed by atoms with E-state index in [9.17, 15) is 18.0 Å². The van der Waals surface area contributed by atoms with E-state index >= 15 is 0 Å². The number of carbonyl (C=O) groups is 2. The predicted molar refractivity (Wildman–Crippen MR) is 131 cm³/mol. The van der Waals surface area contributed by atoms with E-state index in [0.717, 1.165) is 29.7 Å². The predicted octanol–water partition coefficient (Wildman–Crippen LogP) is 1.93. The molecule has 3 N–H and O–H groups in total. The van der Waals surface area contributed by atoms with Crippen molar-refractivity contribution < 1.29 is 22.7 Å². The summed E-state index contributed by atoms with van der Waals surface area (Å²) in [7, 11) is -2.08. The van der Waals surface area contributed by atoms with Crippen LogP contribution in [-0.4, -0.2) is 69.3 Å². The molecule has 1 unspecified atom stereocenters. The van der Waals surface area contributed by atoms with E-state index in [1.165, 1.54) is 34.9 Å². The number of ether oxygens (including phenoxy) is 1. The van der Waals surface area contributed by atoms with E-state index in [1.54, 1.807) is 12.1 Å². The Hall–Kier alpha value is -2.47. The smallest absolute Gasteiger partial charge is 0.251 e. The van der Waals surface area contributed by atoms with Gasteiger partial charge in [-0.05, 0) is 55.0 Å². The van der Waals surface area contributed by atoms with Gasteiger partial charge in [-0.3, -0.25) is 14.5 Å². The second-order valence-electron chi connectivity index (χ2n) is 8.82. The Morgan fingerprint density at radius 2 is 1.85 bits per heavy atom. The van der Waals surface area contributed by atoms with Crippen molar-refractivity contribution in [2.45, 2.75) is 31.1 Å². The quantitative estimate of drug-likeness (QED) is 0.592. The molecule has 1 fully saturated rings. The zero-order valence-electron chi connectivity index (χ0n) is 19.4. The van der Waals surface area contributed by atoms with E-state index in [1.807, 2.05) is 4.90 Å². The number of carbonyl (C=O) groups excluding carboxylic acids is 2. The van der Waals surface area contributed by atoms with Gasteiger partial charge in [0.25, 0.3) is 5.91 Å². The average Bonchev–Trinajstić information content (AvgIpc) is 3.16. The van der Waals surface area contributed by atoms with Crippen molar-refractivity contribution in [1.82, 2.24) is 9.21 Å². The maximum absolute atomic E-state index is 12.9. The molecule has 2 aliphatic rings. The fraction of sp³-hybridized carbons (Fsp3) is 0.478. The number of anilines is 1. The summed E-state index contributed by atoms with van der Waals surface area (Å²) in [5.41, 5.74) is 7.05. The number of rotatable bonds is 7. The number of sulfonamides is 1. The van der Waals surface area contributed by atoms with Crippen LogP contribution in [0.5, 0.6) is 5.75 Å². The molecule has 9 nitrogen and oxygen atoms in total. The van der Waals surface area contributed by atoms with E-state index in [4.69, 9.17) is 10.5 Å². The highest BCUT2D eigenvalue weighted by atomic mass is 32.2. The van der Waals surface area contributed by atoms with Gasteiger partial charge in [0.1, 0.15) is 10.8 Å². The van der Waals surface area contributed by atoms with Gasteiger partial charge in [0, 0.05) is 31.1 Å². The molecule has 34 heavy (non-hydrogen) atoms. The first-order valence-electron chi connectivity index (χ1n) is 11.3. The standard InChI is InChI=1S/C23H30N4O5S2/c1-15-3-8-18-19(13-15)33-23(21(18)22(24)29)25-20(28)14-26-9-11-27(12-10-26)34(30,31)17-6-4-16(32-2)5-7-17/h4-7,15H,3,8-14H2,1-2H3,(H2,24,29)(H,25,28). The molecule has 1 saturated heterocycles. The second kappa shape index (κ2) is 10.0. The maximum atomic E-state index is 12.9. The Labute approximate surface area is 203 Å². The van der Waals surface area contributed by atoms with Crippen LogP contribution in [0.15, 0.2) is 29.2 Å². The molecule has 1 aliphatic heterocycles. The van der Waals surface area contributed by atoms with Crippen molar-refractivity contribution in [3.63, 3.8) is 0 Å². The molecule has 11 heteroatoms. The SMILES string of the molecule is COc1ccc(S(=O)(=O)N2CCN(CC(=O)Nc3sc4c(c3C(N)=O)CCC(C)C4)CC2)cc1. The summed E-state index contributed by atoms with van der Waals surface area (Å²) in [5.74, 6) is 0.386. The second-order valence-corrected chi connectivity index (χ2v) is 11.9. The number of nitrogens with two attached hydrogens (primary N) is 1. The highest BCUT2D eigenvalue weighted by Crippen LogP contribution is 2.39. The van der Waals surface area contributed by atoms with Crippen LogP contribution in [-0.2, 0) is 27.7 Å². The van der Waals surface area contributed by atoms with Crippen LogP contribution >= 0.6 is 11.3 Å².